The number of rotatable bonds is 6. The third-order valence-electron chi connectivity index (χ3n) is 8.23. The Hall–Kier alpha value is -2.74. The second kappa shape index (κ2) is 10.6. The van der Waals surface area contributed by atoms with E-state index in [0.29, 0.717) is 68.5 Å². The number of benzene rings is 1. The lowest BCUT2D eigenvalue weighted by Crippen LogP contribution is -2.49. The smallest absolute Gasteiger partial charge is 0.228 e. The maximum absolute atomic E-state index is 14.1. The minimum atomic E-state index is -0.901. The van der Waals surface area contributed by atoms with Crippen LogP contribution in [0.4, 0.5) is 8.78 Å². The molecule has 1 saturated carbocycles. The van der Waals surface area contributed by atoms with Crippen molar-refractivity contribution in [2.75, 3.05) is 32.8 Å². The third kappa shape index (κ3) is 5.74. The quantitative estimate of drug-likeness (QED) is 0.522. The number of carbonyl (C=O) groups is 2. The Bertz CT molecular complexity index is 1150. The van der Waals surface area contributed by atoms with E-state index in [1.165, 1.54) is 12.3 Å². The Balaban J connectivity index is 1.25. The summed E-state index contributed by atoms with van der Waals surface area (Å²) in [5.41, 5.74) is 0.451. The monoisotopic (exact) mass is 531 g/mol. The number of hydrogen-bond donors (Lipinski definition) is 0. The van der Waals surface area contributed by atoms with Crippen molar-refractivity contribution in [2.24, 2.45) is 17.3 Å². The highest BCUT2D eigenvalue weighted by Crippen LogP contribution is 2.47. The summed E-state index contributed by atoms with van der Waals surface area (Å²) < 4.78 is 33.7. The summed E-state index contributed by atoms with van der Waals surface area (Å²) in [6.07, 6.45) is 5.38. The van der Waals surface area contributed by atoms with Gasteiger partial charge in [0.15, 0.2) is 11.6 Å². The lowest BCUT2D eigenvalue weighted by atomic mass is 9.80. The van der Waals surface area contributed by atoms with Crippen molar-refractivity contribution in [2.45, 2.75) is 44.9 Å². The van der Waals surface area contributed by atoms with Gasteiger partial charge in [0.1, 0.15) is 0 Å². The van der Waals surface area contributed by atoms with Gasteiger partial charge in [-0.25, -0.2) is 13.8 Å². The number of likely N-dealkylation sites (tertiary alicyclic amines) is 2. The number of carbonyl (C=O) groups excluding carboxylic acids is 2. The summed E-state index contributed by atoms with van der Waals surface area (Å²) in [5.74, 6) is -1.42. The number of aromatic nitrogens is 1. The number of ether oxygens (including phenoxy) is 1. The number of amides is 2. The molecule has 198 valence electrons. The van der Waals surface area contributed by atoms with Crippen LogP contribution in [0.3, 0.4) is 0 Å². The molecule has 0 unspecified atom stereocenters. The van der Waals surface area contributed by atoms with Crippen molar-refractivity contribution in [3.05, 3.63) is 58.7 Å². The average molecular weight is 532 g/mol. The molecule has 2 aromatic rings. The predicted octanol–water partition coefficient (Wildman–Crippen LogP) is 5.06. The van der Waals surface area contributed by atoms with Gasteiger partial charge >= 0.3 is 0 Å². The summed E-state index contributed by atoms with van der Waals surface area (Å²) in [6, 6.07) is 7.34. The van der Waals surface area contributed by atoms with E-state index in [2.05, 4.69) is 4.98 Å². The fourth-order valence-electron chi connectivity index (χ4n) is 5.53. The zero-order chi connectivity index (χ0) is 26.2. The number of pyridine rings is 1. The van der Waals surface area contributed by atoms with Gasteiger partial charge in [-0.2, -0.15) is 0 Å². The molecule has 2 atom stereocenters. The molecule has 6 nitrogen and oxygen atoms in total. The molecule has 9 heteroatoms. The summed E-state index contributed by atoms with van der Waals surface area (Å²) >= 11 is 5.91. The number of hydrogen-bond acceptors (Lipinski definition) is 4. The Kier molecular flexibility index (Phi) is 7.39. The van der Waals surface area contributed by atoms with Crippen molar-refractivity contribution >= 4 is 23.4 Å². The molecular formula is C28H32ClF2N3O3. The second-order valence-corrected chi connectivity index (χ2v) is 11.3. The number of nitrogens with zero attached hydrogens (tertiary/aromatic N) is 3. The van der Waals surface area contributed by atoms with Crippen LogP contribution in [0.1, 0.15) is 50.5 Å². The van der Waals surface area contributed by atoms with Crippen molar-refractivity contribution in [3.63, 3.8) is 0 Å². The van der Waals surface area contributed by atoms with E-state index in [0.717, 1.165) is 18.9 Å². The fourth-order valence-corrected chi connectivity index (χ4v) is 5.64. The molecule has 2 saturated heterocycles. The van der Waals surface area contributed by atoms with Gasteiger partial charge in [0, 0.05) is 61.6 Å². The van der Waals surface area contributed by atoms with E-state index in [4.69, 9.17) is 16.3 Å². The SMILES string of the molecule is CC1(C(=O)N2CCC(C(=O)N3CC[C@@H](COc4ccc(Cl)cn4)[C@H](c4ccc(F)c(F)c4)C3)CC2)CC1. The Morgan fingerprint density at radius 2 is 1.78 bits per heavy atom. The molecule has 1 aromatic carbocycles. The van der Waals surface area contributed by atoms with Crippen molar-refractivity contribution in [3.8, 4) is 5.88 Å². The molecule has 0 bridgehead atoms. The van der Waals surface area contributed by atoms with Crippen molar-refractivity contribution in [1.29, 1.82) is 0 Å². The van der Waals surface area contributed by atoms with Gasteiger partial charge in [-0.05, 0) is 55.9 Å². The highest BCUT2D eigenvalue weighted by Gasteiger charge is 2.48. The third-order valence-corrected chi connectivity index (χ3v) is 8.46. The van der Waals surface area contributed by atoms with Crippen molar-refractivity contribution in [1.82, 2.24) is 14.8 Å². The van der Waals surface area contributed by atoms with E-state index in [9.17, 15) is 18.4 Å². The maximum Gasteiger partial charge on any atom is 0.228 e. The predicted molar refractivity (Wildman–Crippen MR) is 135 cm³/mol. The normalized spacial score (nSPS) is 23.6. The molecule has 37 heavy (non-hydrogen) atoms. The first-order chi connectivity index (χ1) is 17.7. The largest absolute Gasteiger partial charge is 0.477 e. The summed E-state index contributed by atoms with van der Waals surface area (Å²) in [5, 5.41) is 0.510. The topological polar surface area (TPSA) is 62.7 Å². The molecular weight excluding hydrogens is 500 g/mol. The zero-order valence-electron chi connectivity index (χ0n) is 21.0. The highest BCUT2D eigenvalue weighted by atomic mass is 35.5. The van der Waals surface area contributed by atoms with Crippen LogP contribution in [-0.4, -0.2) is 59.4 Å². The Labute approximate surface area is 220 Å². The Morgan fingerprint density at radius 1 is 1.05 bits per heavy atom. The van der Waals surface area contributed by atoms with Gasteiger partial charge in [0.2, 0.25) is 17.7 Å². The van der Waals surface area contributed by atoms with Gasteiger partial charge in [-0.15, -0.1) is 0 Å². The first kappa shape index (κ1) is 25.9. The van der Waals surface area contributed by atoms with Crippen LogP contribution in [0.2, 0.25) is 5.02 Å². The van der Waals surface area contributed by atoms with Crippen LogP contribution in [0.5, 0.6) is 5.88 Å². The van der Waals surface area contributed by atoms with Gasteiger partial charge in [-0.3, -0.25) is 9.59 Å². The average Bonchev–Trinajstić information content (AvgIpc) is 3.67. The van der Waals surface area contributed by atoms with Gasteiger partial charge < -0.3 is 14.5 Å². The van der Waals surface area contributed by atoms with E-state index in [1.807, 2.05) is 16.7 Å². The number of piperidine rings is 2. The van der Waals surface area contributed by atoms with Crippen LogP contribution in [0.25, 0.3) is 0 Å². The van der Waals surface area contributed by atoms with Crippen LogP contribution >= 0.6 is 11.6 Å². The highest BCUT2D eigenvalue weighted by molar-refractivity contribution is 6.30. The summed E-state index contributed by atoms with van der Waals surface area (Å²) in [4.78, 5) is 34.1. The fraction of sp³-hybridized carbons (Fsp3) is 0.536. The first-order valence-corrected chi connectivity index (χ1v) is 13.4. The summed E-state index contributed by atoms with van der Waals surface area (Å²) in [7, 11) is 0. The molecule has 1 aromatic heterocycles. The van der Waals surface area contributed by atoms with Crippen LogP contribution in [0, 0.1) is 28.9 Å². The van der Waals surface area contributed by atoms with Gasteiger partial charge in [0.05, 0.1) is 11.6 Å². The number of halogens is 3. The van der Waals surface area contributed by atoms with Crippen LogP contribution in [-0.2, 0) is 9.59 Å². The molecule has 3 heterocycles. The molecule has 2 amide bonds. The first-order valence-electron chi connectivity index (χ1n) is 13.0. The molecule has 2 aliphatic heterocycles. The van der Waals surface area contributed by atoms with Gasteiger partial charge in [0.25, 0.3) is 0 Å². The molecule has 3 aliphatic rings. The van der Waals surface area contributed by atoms with Crippen LogP contribution in [0.15, 0.2) is 36.5 Å². The molecule has 5 rings (SSSR count). The van der Waals surface area contributed by atoms with Crippen molar-refractivity contribution < 1.29 is 23.1 Å². The van der Waals surface area contributed by atoms with E-state index in [-0.39, 0.29) is 35.0 Å². The zero-order valence-corrected chi connectivity index (χ0v) is 21.7. The molecule has 0 N–H and O–H groups in total. The van der Waals surface area contributed by atoms with E-state index in [1.54, 1.807) is 18.2 Å². The summed E-state index contributed by atoms with van der Waals surface area (Å²) in [6.45, 7) is 4.54. The molecule has 3 fully saturated rings. The van der Waals surface area contributed by atoms with Gasteiger partial charge in [-0.1, -0.05) is 24.6 Å². The minimum Gasteiger partial charge on any atom is -0.477 e. The maximum atomic E-state index is 14.1. The minimum absolute atomic E-state index is 0.00913. The lowest BCUT2D eigenvalue weighted by molar-refractivity contribution is -0.144. The molecule has 1 aliphatic carbocycles. The molecule has 0 spiro atoms. The standard InChI is InChI=1S/C28H32ClF2N3O3/c1-28(9-10-28)27(36)33-11-6-18(7-12-33)26(35)34-13-8-20(17-37-25-5-3-21(29)15-32-25)22(16-34)19-2-4-23(30)24(31)14-19/h2-5,14-15,18,20,22H,6-13,16-17H2,1H3/t20-,22-/m0/s1. The Morgan fingerprint density at radius 3 is 2.43 bits per heavy atom. The molecule has 0 radical (unpaired) electrons. The van der Waals surface area contributed by atoms with E-state index < -0.39 is 11.6 Å². The lowest BCUT2D eigenvalue weighted by Gasteiger charge is -2.41. The van der Waals surface area contributed by atoms with E-state index >= 15 is 0 Å². The second-order valence-electron chi connectivity index (χ2n) is 10.9. The van der Waals surface area contributed by atoms with Crippen LogP contribution < -0.4 is 4.74 Å².